The van der Waals surface area contributed by atoms with Crippen molar-refractivity contribution in [3.8, 4) is 0 Å². The van der Waals surface area contributed by atoms with E-state index in [0.29, 0.717) is 17.7 Å². The van der Waals surface area contributed by atoms with Gasteiger partial charge in [0, 0.05) is 37.3 Å². The summed E-state index contributed by atoms with van der Waals surface area (Å²) in [5.41, 5.74) is 0. The van der Waals surface area contributed by atoms with Gasteiger partial charge >= 0.3 is 0 Å². The maximum Gasteiger partial charge on any atom is 0.225 e. The summed E-state index contributed by atoms with van der Waals surface area (Å²) in [6, 6.07) is 0. The Kier molecular flexibility index (Phi) is 3.35. The van der Waals surface area contributed by atoms with Gasteiger partial charge in [0.25, 0.3) is 0 Å². The molecule has 18 heavy (non-hydrogen) atoms. The summed E-state index contributed by atoms with van der Waals surface area (Å²) in [4.78, 5) is 21.9. The van der Waals surface area contributed by atoms with Crippen molar-refractivity contribution in [1.82, 2.24) is 14.9 Å². The molecule has 4 heteroatoms. The van der Waals surface area contributed by atoms with Crippen LogP contribution in [-0.4, -0.2) is 33.9 Å². The highest BCUT2D eigenvalue weighted by atomic mass is 16.2. The monoisotopic (exact) mass is 247 g/mol. The number of piperidine rings is 1. The molecule has 2 fully saturated rings. The van der Waals surface area contributed by atoms with Gasteiger partial charge < -0.3 is 9.88 Å². The summed E-state index contributed by atoms with van der Waals surface area (Å²) >= 11 is 0. The molecule has 0 atom stereocenters. The maximum absolute atomic E-state index is 12.3. The normalized spacial score (nSPS) is 22.6. The molecule has 1 aromatic heterocycles. The van der Waals surface area contributed by atoms with Crippen molar-refractivity contribution in [2.45, 2.75) is 44.4 Å². The Balaban J connectivity index is 1.55. The lowest BCUT2D eigenvalue weighted by Gasteiger charge is -2.32. The van der Waals surface area contributed by atoms with Gasteiger partial charge in [-0.05, 0) is 25.7 Å². The van der Waals surface area contributed by atoms with Crippen molar-refractivity contribution in [2.24, 2.45) is 5.92 Å². The maximum atomic E-state index is 12.3. The van der Waals surface area contributed by atoms with Crippen molar-refractivity contribution >= 4 is 5.91 Å². The minimum absolute atomic E-state index is 0.324. The molecule has 1 saturated heterocycles. The van der Waals surface area contributed by atoms with Gasteiger partial charge in [0.2, 0.25) is 5.91 Å². The number of rotatable bonds is 2. The van der Waals surface area contributed by atoms with Crippen molar-refractivity contribution in [3.05, 3.63) is 18.2 Å². The molecule has 1 N–H and O–H groups in total. The number of H-pyrrole nitrogens is 1. The van der Waals surface area contributed by atoms with Gasteiger partial charge in [-0.25, -0.2) is 4.98 Å². The van der Waals surface area contributed by atoms with Gasteiger partial charge in [-0.1, -0.05) is 12.8 Å². The predicted octanol–water partition coefficient (Wildman–Crippen LogP) is 2.31. The summed E-state index contributed by atoms with van der Waals surface area (Å²) in [7, 11) is 0. The van der Waals surface area contributed by atoms with E-state index in [1.54, 1.807) is 0 Å². The summed E-state index contributed by atoms with van der Waals surface area (Å²) in [5.74, 6) is 2.33. The number of imidazole rings is 1. The third kappa shape index (κ3) is 2.28. The molecule has 0 radical (unpaired) electrons. The molecule has 98 valence electrons. The van der Waals surface area contributed by atoms with E-state index in [-0.39, 0.29) is 0 Å². The van der Waals surface area contributed by atoms with Crippen LogP contribution in [0.2, 0.25) is 0 Å². The van der Waals surface area contributed by atoms with Gasteiger partial charge in [-0.2, -0.15) is 0 Å². The largest absolute Gasteiger partial charge is 0.348 e. The van der Waals surface area contributed by atoms with Gasteiger partial charge in [0.05, 0.1) is 0 Å². The van der Waals surface area contributed by atoms with Gasteiger partial charge in [0.15, 0.2) is 0 Å². The molecular weight excluding hydrogens is 226 g/mol. The topological polar surface area (TPSA) is 49.0 Å². The van der Waals surface area contributed by atoms with Gasteiger partial charge in [0.1, 0.15) is 5.82 Å². The summed E-state index contributed by atoms with van der Waals surface area (Å²) in [6.45, 7) is 1.81. The minimum atomic E-state index is 0.324. The SMILES string of the molecule is O=C(C1CCCC1)N1CCC(c2ncc[nH]2)CC1. The second-order valence-corrected chi connectivity index (χ2v) is 5.56. The average Bonchev–Trinajstić information content (AvgIpc) is 3.11. The Hall–Kier alpha value is -1.32. The summed E-state index contributed by atoms with van der Waals surface area (Å²) in [6.07, 6.45) is 10.5. The minimum Gasteiger partial charge on any atom is -0.348 e. The highest BCUT2D eigenvalue weighted by molar-refractivity contribution is 5.79. The molecule has 2 aliphatic rings. The van der Waals surface area contributed by atoms with E-state index in [1.807, 2.05) is 12.4 Å². The molecule has 1 saturated carbocycles. The zero-order chi connectivity index (χ0) is 12.4. The smallest absolute Gasteiger partial charge is 0.225 e. The van der Waals surface area contributed by atoms with Crippen LogP contribution >= 0.6 is 0 Å². The van der Waals surface area contributed by atoms with Gasteiger partial charge in [-0.15, -0.1) is 0 Å². The molecule has 0 unspecified atom stereocenters. The fraction of sp³-hybridized carbons (Fsp3) is 0.714. The molecule has 1 amide bonds. The quantitative estimate of drug-likeness (QED) is 0.871. The molecule has 0 spiro atoms. The second-order valence-electron chi connectivity index (χ2n) is 5.56. The lowest BCUT2D eigenvalue weighted by molar-refractivity contribution is -0.136. The van der Waals surface area contributed by atoms with E-state index >= 15 is 0 Å². The highest BCUT2D eigenvalue weighted by Gasteiger charge is 2.30. The molecule has 1 aliphatic carbocycles. The van der Waals surface area contributed by atoms with Crippen LogP contribution in [0, 0.1) is 5.92 Å². The molecule has 0 aromatic carbocycles. The fourth-order valence-electron chi connectivity index (χ4n) is 3.31. The standard InChI is InChI=1S/C14H21N3O/c18-14(12-3-1-2-4-12)17-9-5-11(6-10-17)13-15-7-8-16-13/h7-8,11-12H,1-6,9-10H2,(H,15,16). The first-order valence-corrected chi connectivity index (χ1v) is 7.12. The molecular formula is C14H21N3O. The molecule has 4 nitrogen and oxygen atoms in total. The summed E-state index contributed by atoms with van der Waals surface area (Å²) < 4.78 is 0. The first kappa shape index (κ1) is 11.8. The second kappa shape index (κ2) is 5.12. The Morgan fingerprint density at radius 1 is 1.22 bits per heavy atom. The molecule has 1 aromatic rings. The predicted molar refractivity (Wildman–Crippen MR) is 69.1 cm³/mol. The molecule has 0 bridgehead atoms. The van der Waals surface area contributed by atoms with E-state index in [2.05, 4.69) is 14.9 Å². The van der Waals surface area contributed by atoms with Crippen LogP contribution in [0.1, 0.15) is 50.3 Å². The third-order valence-corrected chi connectivity index (χ3v) is 4.42. The number of hydrogen-bond acceptors (Lipinski definition) is 2. The Morgan fingerprint density at radius 3 is 2.56 bits per heavy atom. The average molecular weight is 247 g/mol. The van der Waals surface area contributed by atoms with Crippen molar-refractivity contribution in [3.63, 3.8) is 0 Å². The van der Waals surface area contributed by atoms with Crippen LogP contribution in [0.4, 0.5) is 0 Å². The number of carbonyl (C=O) groups excluding carboxylic acids is 1. The summed E-state index contributed by atoms with van der Waals surface area (Å²) in [5, 5.41) is 0. The number of aromatic amines is 1. The Morgan fingerprint density at radius 2 is 1.94 bits per heavy atom. The lowest BCUT2D eigenvalue weighted by Crippen LogP contribution is -2.40. The number of carbonyl (C=O) groups is 1. The van der Waals surface area contributed by atoms with Crippen LogP contribution in [0.5, 0.6) is 0 Å². The van der Waals surface area contributed by atoms with Crippen LogP contribution in [-0.2, 0) is 4.79 Å². The zero-order valence-corrected chi connectivity index (χ0v) is 10.8. The van der Waals surface area contributed by atoms with Crippen molar-refractivity contribution in [2.75, 3.05) is 13.1 Å². The highest BCUT2D eigenvalue weighted by Crippen LogP contribution is 2.30. The zero-order valence-electron chi connectivity index (χ0n) is 10.8. The number of nitrogens with one attached hydrogen (secondary N) is 1. The molecule has 1 aliphatic heterocycles. The number of amides is 1. The Bertz CT molecular complexity index is 387. The van der Waals surface area contributed by atoms with Gasteiger partial charge in [-0.3, -0.25) is 4.79 Å². The van der Waals surface area contributed by atoms with Crippen LogP contribution in [0.3, 0.4) is 0 Å². The number of hydrogen-bond donors (Lipinski definition) is 1. The number of likely N-dealkylation sites (tertiary alicyclic amines) is 1. The van der Waals surface area contributed by atoms with Crippen molar-refractivity contribution in [1.29, 1.82) is 0 Å². The Labute approximate surface area is 108 Å². The van der Waals surface area contributed by atoms with E-state index in [4.69, 9.17) is 0 Å². The molecule has 2 heterocycles. The molecule has 3 rings (SSSR count). The van der Waals surface area contributed by atoms with Crippen LogP contribution in [0.15, 0.2) is 12.4 Å². The van der Waals surface area contributed by atoms with Crippen LogP contribution < -0.4 is 0 Å². The van der Waals surface area contributed by atoms with E-state index in [9.17, 15) is 4.79 Å². The fourth-order valence-corrected chi connectivity index (χ4v) is 3.31. The van der Waals surface area contributed by atoms with E-state index in [1.165, 1.54) is 12.8 Å². The van der Waals surface area contributed by atoms with Crippen molar-refractivity contribution < 1.29 is 4.79 Å². The number of aromatic nitrogens is 2. The number of nitrogens with zero attached hydrogens (tertiary/aromatic N) is 2. The first-order chi connectivity index (χ1) is 8.84. The third-order valence-electron chi connectivity index (χ3n) is 4.42. The lowest BCUT2D eigenvalue weighted by atomic mass is 9.95. The van der Waals surface area contributed by atoms with E-state index in [0.717, 1.165) is 44.6 Å². The van der Waals surface area contributed by atoms with E-state index < -0.39 is 0 Å². The van der Waals surface area contributed by atoms with Crippen LogP contribution in [0.25, 0.3) is 0 Å². The first-order valence-electron chi connectivity index (χ1n) is 7.12.